The number of hydrogen-bond acceptors (Lipinski definition) is 3. The minimum atomic E-state index is 0.349. The van der Waals surface area contributed by atoms with E-state index in [0.29, 0.717) is 18.8 Å². The van der Waals surface area contributed by atoms with E-state index in [1.807, 2.05) is 6.07 Å². The number of nitrogens with two attached hydrogens (primary N) is 1. The lowest BCUT2D eigenvalue weighted by atomic mass is 9.81. The molecule has 0 aromatic heterocycles. The second-order valence-corrected chi connectivity index (χ2v) is 5.10. The van der Waals surface area contributed by atoms with Crippen molar-refractivity contribution in [1.82, 2.24) is 0 Å². The third-order valence-electron chi connectivity index (χ3n) is 3.90. The molecule has 0 amide bonds. The normalized spacial score (nSPS) is 27.1. The van der Waals surface area contributed by atoms with Gasteiger partial charge < -0.3 is 15.2 Å². The summed E-state index contributed by atoms with van der Waals surface area (Å²) in [7, 11) is 0. The lowest BCUT2D eigenvalue weighted by molar-refractivity contribution is 0.174. The van der Waals surface area contributed by atoms with Gasteiger partial charge in [-0.2, -0.15) is 0 Å². The van der Waals surface area contributed by atoms with E-state index in [9.17, 15) is 0 Å². The van der Waals surface area contributed by atoms with Crippen molar-refractivity contribution in [1.29, 1.82) is 0 Å². The van der Waals surface area contributed by atoms with Crippen LogP contribution >= 0.6 is 0 Å². The van der Waals surface area contributed by atoms with Gasteiger partial charge in [-0.3, -0.25) is 0 Å². The van der Waals surface area contributed by atoms with Crippen LogP contribution in [0.2, 0.25) is 0 Å². The van der Waals surface area contributed by atoms with E-state index in [0.717, 1.165) is 17.9 Å². The van der Waals surface area contributed by atoms with Crippen molar-refractivity contribution >= 4 is 0 Å². The summed E-state index contributed by atoms with van der Waals surface area (Å²) in [4.78, 5) is 0. The molecule has 1 aromatic carbocycles. The summed E-state index contributed by atoms with van der Waals surface area (Å²) >= 11 is 0. The molecule has 3 rings (SSSR count). The summed E-state index contributed by atoms with van der Waals surface area (Å²) in [5.74, 6) is 2.37. The number of hydrogen-bond donors (Lipinski definition) is 1. The summed E-state index contributed by atoms with van der Waals surface area (Å²) in [6, 6.07) is 6.61. The first-order valence-corrected chi connectivity index (χ1v) is 6.47. The van der Waals surface area contributed by atoms with E-state index < -0.39 is 0 Å². The molecule has 1 aliphatic carbocycles. The maximum absolute atomic E-state index is 6.18. The summed E-state index contributed by atoms with van der Waals surface area (Å²) < 4.78 is 10.7. The molecule has 2 aliphatic rings. The molecular formula is C14H19NO2. The Labute approximate surface area is 102 Å². The largest absolute Gasteiger partial charge is 0.454 e. The summed E-state index contributed by atoms with van der Waals surface area (Å²) in [6.45, 7) is 0.349. The van der Waals surface area contributed by atoms with Crippen LogP contribution in [0.4, 0.5) is 0 Å². The minimum Gasteiger partial charge on any atom is -0.454 e. The highest BCUT2D eigenvalue weighted by molar-refractivity contribution is 5.44. The molecule has 3 nitrogen and oxygen atoms in total. The van der Waals surface area contributed by atoms with E-state index in [1.165, 1.54) is 31.2 Å². The molecule has 2 atom stereocenters. The third-order valence-corrected chi connectivity index (χ3v) is 3.90. The zero-order valence-electron chi connectivity index (χ0n) is 10.0. The molecule has 17 heavy (non-hydrogen) atoms. The molecule has 1 heterocycles. The molecular weight excluding hydrogens is 214 g/mol. The fourth-order valence-corrected chi connectivity index (χ4v) is 2.86. The molecule has 1 fully saturated rings. The van der Waals surface area contributed by atoms with Crippen LogP contribution in [-0.2, 0) is 6.42 Å². The Balaban J connectivity index is 1.72. The lowest BCUT2D eigenvalue weighted by Crippen LogP contribution is -2.34. The summed E-state index contributed by atoms with van der Waals surface area (Å²) in [5.41, 5.74) is 7.50. The van der Waals surface area contributed by atoms with E-state index in [1.54, 1.807) is 0 Å². The van der Waals surface area contributed by atoms with Gasteiger partial charge in [-0.05, 0) is 42.9 Å². The van der Waals surface area contributed by atoms with Gasteiger partial charge in [-0.25, -0.2) is 0 Å². The molecule has 1 aliphatic heterocycles. The van der Waals surface area contributed by atoms with Crippen molar-refractivity contribution in [2.45, 2.75) is 38.1 Å². The van der Waals surface area contributed by atoms with Crippen LogP contribution in [0.25, 0.3) is 0 Å². The van der Waals surface area contributed by atoms with Gasteiger partial charge in [0, 0.05) is 6.04 Å². The Hall–Kier alpha value is -1.22. The highest BCUT2D eigenvalue weighted by atomic mass is 16.7. The first-order valence-electron chi connectivity index (χ1n) is 6.47. The highest BCUT2D eigenvalue weighted by Crippen LogP contribution is 2.34. The molecule has 0 radical (unpaired) electrons. The topological polar surface area (TPSA) is 44.5 Å². The Morgan fingerprint density at radius 1 is 1.12 bits per heavy atom. The molecule has 1 aromatic rings. The van der Waals surface area contributed by atoms with Gasteiger partial charge in [-0.1, -0.05) is 18.9 Å². The average molecular weight is 233 g/mol. The fourth-order valence-electron chi connectivity index (χ4n) is 2.86. The molecule has 0 spiro atoms. The van der Waals surface area contributed by atoms with Gasteiger partial charge in [0.1, 0.15) is 0 Å². The van der Waals surface area contributed by atoms with Crippen LogP contribution < -0.4 is 15.2 Å². The van der Waals surface area contributed by atoms with Crippen LogP contribution in [0, 0.1) is 5.92 Å². The van der Waals surface area contributed by atoms with Gasteiger partial charge in [0.15, 0.2) is 11.5 Å². The second kappa shape index (κ2) is 4.57. The van der Waals surface area contributed by atoms with Crippen molar-refractivity contribution in [2.75, 3.05) is 6.79 Å². The van der Waals surface area contributed by atoms with Crippen molar-refractivity contribution in [3.63, 3.8) is 0 Å². The smallest absolute Gasteiger partial charge is 0.231 e. The number of fused-ring (bicyclic) bond motifs is 1. The number of ether oxygens (including phenoxy) is 2. The van der Waals surface area contributed by atoms with Gasteiger partial charge in [-0.15, -0.1) is 0 Å². The van der Waals surface area contributed by atoms with Crippen molar-refractivity contribution < 1.29 is 9.47 Å². The van der Waals surface area contributed by atoms with Crippen molar-refractivity contribution in [2.24, 2.45) is 11.7 Å². The van der Waals surface area contributed by atoms with E-state index in [2.05, 4.69) is 12.1 Å². The highest BCUT2D eigenvalue weighted by Gasteiger charge is 2.22. The van der Waals surface area contributed by atoms with Crippen molar-refractivity contribution in [3.05, 3.63) is 23.8 Å². The Bertz CT molecular complexity index is 405. The molecule has 0 saturated heterocycles. The number of rotatable bonds is 2. The molecule has 92 valence electrons. The summed E-state index contributed by atoms with van der Waals surface area (Å²) in [5, 5.41) is 0. The lowest BCUT2D eigenvalue weighted by Gasteiger charge is -2.28. The first-order chi connectivity index (χ1) is 8.33. The second-order valence-electron chi connectivity index (χ2n) is 5.10. The van der Waals surface area contributed by atoms with Crippen LogP contribution in [0.1, 0.15) is 31.2 Å². The van der Waals surface area contributed by atoms with Gasteiger partial charge in [0.05, 0.1) is 0 Å². The average Bonchev–Trinajstić information content (AvgIpc) is 2.79. The maximum atomic E-state index is 6.18. The maximum Gasteiger partial charge on any atom is 0.231 e. The van der Waals surface area contributed by atoms with Gasteiger partial charge in [0.2, 0.25) is 6.79 Å². The van der Waals surface area contributed by atoms with Crippen LogP contribution in [0.3, 0.4) is 0 Å². The number of benzene rings is 1. The van der Waals surface area contributed by atoms with Crippen LogP contribution in [0.15, 0.2) is 18.2 Å². The Morgan fingerprint density at radius 3 is 2.82 bits per heavy atom. The first kappa shape index (κ1) is 10.9. The predicted octanol–water partition coefficient (Wildman–Crippen LogP) is 2.48. The van der Waals surface area contributed by atoms with Gasteiger partial charge >= 0.3 is 0 Å². The third kappa shape index (κ3) is 2.25. The quantitative estimate of drug-likeness (QED) is 0.853. The van der Waals surface area contributed by atoms with E-state index >= 15 is 0 Å². The molecule has 2 unspecified atom stereocenters. The van der Waals surface area contributed by atoms with Crippen molar-refractivity contribution in [3.8, 4) is 11.5 Å². The van der Waals surface area contributed by atoms with Gasteiger partial charge in [0.25, 0.3) is 0 Å². The Kier molecular flexibility index (Phi) is 2.93. The zero-order valence-corrected chi connectivity index (χ0v) is 10.0. The SMILES string of the molecule is NC1CCCCC1Cc1ccc2c(c1)OCO2. The predicted molar refractivity (Wildman–Crippen MR) is 66.2 cm³/mol. The minimum absolute atomic E-state index is 0.349. The zero-order chi connectivity index (χ0) is 11.7. The Morgan fingerprint density at radius 2 is 1.94 bits per heavy atom. The van der Waals surface area contributed by atoms with Crippen LogP contribution in [-0.4, -0.2) is 12.8 Å². The molecule has 1 saturated carbocycles. The molecule has 2 N–H and O–H groups in total. The standard InChI is InChI=1S/C14H19NO2/c15-12-4-2-1-3-11(12)7-10-5-6-13-14(8-10)17-9-16-13/h5-6,8,11-12H,1-4,7,9,15H2. The van der Waals surface area contributed by atoms with Crippen LogP contribution in [0.5, 0.6) is 11.5 Å². The van der Waals surface area contributed by atoms with E-state index in [-0.39, 0.29) is 0 Å². The molecule has 3 heteroatoms. The monoisotopic (exact) mass is 233 g/mol. The molecule has 0 bridgehead atoms. The fraction of sp³-hybridized carbons (Fsp3) is 0.571. The summed E-state index contributed by atoms with van der Waals surface area (Å²) in [6.07, 6.45) is 6.12. The van der Waals surface area contributed by atoms with E-state index in [4.69, 9.17) is 15.2 Å².